The fourth-order valence-corrected chi connectivity index (χ4v) is 3.46. The first-order valence-electron chi connectivity index (χ1n) is 8.47. The zero-order chi connectivity index (χ0) is 15.4. The zero-order valence-electron chi connectivity index (χ0n) is 13.4. The first kappa shape index (κ1) is 15.4. The average molecular weight is 298 g/mol. The van der Waals surface area contributed by atoms with Gasteiger partial charge in [0.15, 0.2) is 0 Å². The van der Waals surface area contributed by atoms with Crippen molar-refractivity contribution < 1.29 is 5.11 Å². The molecule has 3 rings (SSSR count). The summed E-state index contributed by atoms with van der Waals surface area (Å²) in [5.41, 5.74) is 3.44. The van der Waals surface area contributed by atoms with E-state index >= 15 is 0 Å². The molecule has 1 heterocycles. The zero-order valence-corrected chi connectivity index (χ0v) is 13.4. The number of nitrogens with zero attached hydrogens (tertiary/aromatic N) is 1. The molecule has 2 atom stereocenters. The highest BCUT2D eigenvalue weighted by atomic mass is 16.3. The van der Waals surface area contributed by atoms with E-state index in [4.69, 9.17) is 0 Å². The number of pyridine rings is 1. The van der Waals surface area contributed by atoms with Crippen LogP contribution in [0.4, 0.5) is 0 Å². The number of aromatic nitrogens is 1. The third-order valence-corrected chi connectivity index (χ3v) is 4.77. The summed E-state index contributed by atoms with van der Waals surface area (Å²) in [6, 6.07) is 10.7. The fourth-order valence-electron chi connectivity index (χ4n) is 3.46. The summed E-state index contributed by atoms with van der Waals surface area (Å²) in [6.45, 7) is 3.95. The number of aliphatic hydroxyl groups is 1. The summed E-state index contributed by atoms with van der Waals surface area (Å²) in [4.78, 5) is 4.53. The first-order valence-corrected chi connectivity index (χ1v) is 8.47. The smallest absolute Gasteiger partial charge is 0.0705 e. The van der Waals surface area contributed by atoms with E-state index in [1.165, 1.54) is 23.8 Å². The van der Waals surface area contributed by atoms with Gasteiger partial charge in [0.05, 0.1) is 11.6 Å². The van der Waals surface area contributed by atoms with Crippen LogP contribution in [-0.4, -0.2) is 22.7 Å². The van der Waals surface area contributed by atoms with Crippen LogP contribution in [0.1, 0.15) is 43.4 Å². The van der Waals surface area contributed by atoms with Gasteiger partial charge in [-0.1, -0.05) is 18.6 Å². The minimum Gasteiger partial charge on any atom is -0.393 e. The Labute approximate surface area is 132 Å². The molecule has 0 radical (unpaired) electrons. The second-order valence-electron chi connectivity index (χ2n) is 6.56. The lowest BCUT2D eigenvalue weighted by molar-refractivity contribution is 0.127. The van der Waals surface area contributed by atoms with Crippen LogP contribution >= 0.6 is 0 Å². The maximum Gasteiger partial charge on any atom is 0.0705 e. The third kappa shape index (κ3) is 3.84. The Hall–Kier alpha value is -1.45. The third-order valence-electron chi connectivity index (χ3n) is 4.77. The van der Waals surface area contributed by atoms with Gasteiger partial charge in [-0.15, -0.1) is 0 Å². The molecule has 1 fully saturated rings. The quantitative estimate of drug-likeness (QED) is 0.801. The number of rotatable bonds is 6. The number of aliphatic hydroxyl groups excluding tert-OH is 1. The molecule has 0 saturated heterocycles. The minimum absolute atomic E-state index is 0.0450. The van der Waals surface area contributed by atoms with Crippen molar-refractivity contribution in [2.24, 2.45) is 5.92 Å². The van der Waals surface area contributed by atoms with Gasteiger partial charge in [0.2, 0.25) is 0 Å². The SMILES string of the molecule is Cc1ccc2cc(CNCCC[C@H]3CCC[C@@H]3O)ccc2n1. The molecule has 3 nitrogen and oxygen atoms in total. The monoisotopic (exact) mass is 298 g/mol. The van der Waals surface area contributed by atoms with Gasteiger partial charge in [-0.2, -0.15) is 0 Å². The van der Waals surface area contributed by atoms with E-state index in [0.29, 0.717) is 5.92 Å². The molecule has 0 unspecified atom stereocenters. The molecular weight excluding hydrogens is 272 g/mol. The van der Waals surface area contributed by atoms with Crippen LogP contribution < -0.4 is 5.32 Å². The normalized spacial score (nSPS) is 21.5. The van der Waals surface area contributed by atoms with Gasteiger partial charge in [0.25, 0.3) is 0 Å². The van der Waals surface area contributed by atoms with Crippen LogP contribution in [-0.2, 0) is 6.54 Å². The standard InChI is InChI=1S/C19H26N2O/c1-14-7-9-17-12-15(8-10-18(17)21-14)13-20-11-3-5-16-4-2-6-19(16)22/h7-10,12,16,19-20,22H,2-6,11,13H2,1H3/t16-,19+/m1/s1. The maximum atomic E-state index is 9.82. The number of benzene rings is 1. The van der Waals surface area contributed by atoms with Crippen LogP contribution in [0.2, 0.25) is 0 Å². The topological polar surface area (TPSA) is 45.1 Å². The summed E-state index contributed by atoms with van der Waals surface area (Å²) in [5, 5.41) is 14.5. The molecule has 0 aliphatic heterocycles. The Bertz CT molecular complexity index is 626. The molecular formula is C19H26N2O. The van der Waals surface area contributed by atoms with Gasteiger partial charge >= 0.3 is 0 Å². The summed E-state index contributed by atoms with van der Waals surface area (Å²) in [7, 11) is 0. The van der Waals surface area contributed by atoms with Crippen molar-refractivity contribution in [3.63, 3.8) is 0 Å². The van der Waals surface area contributed by atoms with Gasteiger partial charge in [-0.25, -0.2) is 0 Å². The molecule has 0 bridgehead atoms. The van der Waals surface area contributed by atoms with Gasteiger partial charge in [0.1, 0.15) is 0 Å². The average Bonchev–Trinajstić information content (AvgIpc) is 2.92. The van der Waals surface area contributed by atoms with Crippen LogP contribution in [0.3, 0.4) is 0 Å². The summed E-state index contributed by atoms with van der Waals surface area (Å²) in [6.07, 6.45) is 5.66. The van der Waals surface area contributed by atoms with Crippen LogP contribution in [0.25, 0.3) is 10.9 Å². The van der Waals surface area contributed by atoms with Gasteiger partial charge in [-0.05, 0) is 68.8 Å². The fraction of sp³-hybridized carbons (Fsp3) is 0.526. The second-order valence-corrected chi connectivity index (χ2v) is 6.56. The lowest BCUT2D eigenvalue weighted by Gasteiger charge is -2.14. The van der Waals surface area contributed by atoms with E-state index in [0.717, 1.165) is 43.6 Å². The van der Waals surface area contributed by atoms with Crippen molar-refractivity contribution in [1.29, 1.82) is 0 Å². The Morgan fingerprint density at radius 1 is 1.23 bits per heavy atom. The number of fused-ring (bicyclic) bond motifs is 1. The van der Waals surface area contributed by atoms with Crippen molar-refractivity contribution in [1.82, 2.24) is 10.3 Å². The van der Waals surface area contributed by atoms with Crippen LogP contribution in [0, 0.1) is 12.8 Å². The predicted octanol–water partition coefficient (Wildman–Crippen LogP) is 3.57. The summed E-state index contributed by atoms with van der Waals surface area (Å²) in [5.74, 6) is 0.539. The molecule has 1 aliphatic rings. The molecule has 3 heteroatoms. The Balaban J connectivity index is 1.44. The molecule has 0 spiro atoms. The van der Waals surface area contributed by atoms with Gasteiger partial charge < -0.3 is 10.4 Å². The van der Waals surface area contributed by atoms with Crippen molar-refractivity contribution in [3.05, 3.63) is 41.6 Å². The Morgan fingerprint density at radius 2 is 2.14 bits per heavy atom. The van der Waals surface area contributed by atoms with E-state index in [-0.39, 0.29) is 6.10 Å². The predicted molar refractivity (Wildman–Crippen MR) is 90.8 cm³/mol. The molecule has 118 valence electrons. The highest BCUT2D eigenvalue weighted by molar-refractivity contribution is 5.79. The number of hydrogen-bond acceptors (Lipinski definition) is 3. The number of hydrogen-bond donors (Lipinski definition) is 2. The van der Waals surface area contributed by atoms with E-state index in [9.17, 15) is 5.11 Å². The molecule has 1 aromatic carbocycles. The molecule has 2 aromatic rings. The summed E-state index contributed by atoms with van der Waals surface area (Å²) < 4.78 is 0. The molecule has 1 aliphatic carbocycles. The Kier molecular flexibility index (Phi) is 5.06. The molecule has 1 aromatic heterocycles. The van der Waals surface area contributed by atoms with Crippen LogP contribution in [0.15, 0.2) is 30.3 Å². The van der Waals surface area contributed by atoms with Crippen molar-refractivity contribution in [3.8, 4) is 0 Å². The maximum absolute atomic E-state index is 9.82. The number of nitrogens with one attached hydrogen (secondary N) is 1. The van der Waals surface area contributed by atoms with Crippen LogP contribution in [0.5, 0.6) is 0 Å². The van der Waals surface area contributed by atoms with Gasteiger partial charge in [0, 0.05) is 17.6 Å². The minimum atomic E-state index is -0.0450. The Morgan fingerprint density at radius 3 is 2.95 bits per heavy atom. The first-order chi connectivity index (χ1) is 10.7. The second kappa shape index (κ2) is 7.21. The van der Waals surface area contributed by atoms with Crippen molar-refractivity contribution >= 4 is 10.9 Å². The van der Waals surface area contributed by atoms with E-state index in [2.05, 4.69) is 40.6 Å². The lowest BCUT2D eigenvalue weighted by Crippen LogP contribution is -2.18. The molecule has 2 N–H and O–H groups in total. The molecule has 22 heavy (non-hydrogen) atoms. The van der Waals surface area contributed by atoms with E-state index < -0.39 is 0 Å². The largest absolute Gasteiger partial charge is 0.393 e. The number of aryl methyl sites for hydroxylation is 1. The highest BCUT2D eigenvalue weighted by Gasteiger charge is 2.24. The lowest BCUT2D eigenvalue weighted by atomic mass is 10.00. The molecule has 0 amide bonds. The summed E-state index contributed by atoms with van der Waals surface area (Å²) >= 11 is 0. The van der Waals surface area contributed by atoms with Gasteiger partial charge in [-0.3, -0.25) is 4.98 Å². The van der Waals surface area contributed by atoms with Crippen molar-refractivity contribution in [2.45, 2.75) is 51.7 Å². The molecule has 1 saturated carbocycles. The van der Waals surface area contributed by atoms with E-state index in [1.807, 2.05) is 6.92 Å². The van der Waals surface area contributed by atoms with E-state index in [1.54, 1.807) is 0 Å². The highest BCUT2D eigenvalue weighted by Crippen LogP contribution is 2.28. The van der Waals surface area contributed by atoms with Crippen molar-refractivity contribution in [2.75, 3.05) is 6.54 Å².